The first-order valence-corrected chi connectivity index (χ1v) is 9.65. The molecular formula is C19H24Cl2N4O. The van der Waals surface area contributed by atoms with Gasteiger partial charge < -0.3 is 15.2 Å². The Kier molecular flexibility index (Phi) is 6.59. The third-order valence-electron chi connectivity index (χ3n) is 4.76. The maximum absolute atomic E-state index is 12.1. The summed E-state index contributed by atoms with van der Waals surface area (Å²) >= 11 is 11.7. The zero-order valence-electron chi connectivity index (χ0n) is 14.9. The molecule has 26 heavy (non-hydrogen) atoms. The number of benzene rings is 1. The van der Waals surface area contributed by atoms with E-state index in [0.717, 1.165) is 44.8 Å². The maximum Gasteiger partial charge on any atom is 0.268 e. The van der Waals surface area contributed by atoms with Crippen LogP contribution in [0.15, 0.2) is 30.3 Å². The van der Waals surface area contributed by atoms with Gasteiger partial charge in [0.15, 0.2) is 0 Å². The highest BCUT2D eigenvalue weighted by atomic mass is 35.5. The minimum Gasteiger partial charge on any atom is -0.347 e. The van der Waals surface area contributed by atoms with Gasteiger partial charge in [0, 0.05) is 39.3 Å². The van der Waals surface area contributed by atoms with Crippen LogP contribution in [0.3, 0.4) is 0 Å². The second-order valence-corrected chi connectivity index (χ2v) is 7.34. The molecule has 5 nitrogen and oxygen atoms in total. The number of aromatic nitrogens is 1. The van der Waals surface area contributed by atoms with Crippen molar-refractivity contribution < 1.29 is 4.79 Å². The van der Waals surface area contributed by atoms with Gasteiger partial charge in [-0.05, 0) is 23.7 Å². The van der Waals surface area contributed by atoms with E-state index in [2.05, 4.69) is 51.3 Å². The van der Waals surface area contributed by atoms with Gasteiger partial charge in [0.25, 0.3) is 5.91 Å². The number of H-pyrrole nitrogens is 1. The summed E-state index contributed by atoms with van der Waals surface area (Å²) in [5, 5.41) is 3.49. The van der Waals surface area contributed by atoms with E-state index in [-0.39, 0.29) is 11.1 Å². The molecule has 1 aromatic heterocycles. The number of hydrogen-bond donors (Lipinski definition) is 2. The normalized spacial score (nSPS) is 16.0. The van der Waals surface area contributed by atoms with Crippen LogP contribution in [0, 0.1) is 0 Å². The largest absolute Gasteiger partial charge is 0.347 e. The van der Waals surface area contributed by atoms with Gasteiger partial charge in [-0.1, -0.05) is 54.4 Å². The van der Waals surface area contributed by atoms with Crippen LogP contribution in [0.25, 0.3) is 0 Å². The minimum absolute atomic E-state index is 0.225. The van der Waals surface area contributed by atoms with E-state index in [9.17, 15) is 4.79 Å². The quantitative estimate of drug-likeness (QED) is 0.789. The van der Waals surface area contributed by atoms with Crippen molar-refractivity contribution in [1.29, 1.82) is 0 Å². The number of aromatic amines is 1. The lowest BCUT2D eigenvalue weighted by Crippen LogP contribution is -2.45. The van der Waals surface area contributed by atoms with Crippen molar-refractivity contribution in [3.05, 3.63) is 57.3 Å². The molecule has 1 aliphatic heterocycles. The molecule has 2 heterocycles. The number of piperazine rings is 1. The van der Waals surface area contributed by atoms with E-state index in [1.54, 1.807) is 0 Å². The fourth-order valence-corrected chi connectivity index (χ4v) is 3.40. The summed E-state index contributed by atoms with van der Waals surface area (Å²) in [6.45, 7) is 9.31. The summed E-state index contributed by atoms with van der Waals surface area (Å²) in [5.41, 5.74) is 2.72. The highest BCUT2D eigenvalue weighted by molar-refractivity contribution is 6.41. The van der Waals surface area contributed by atoms with Gasteiger partial charge in [-0.25, -0.2) is 0 Å². The zero-order valence-corrected chi connectivity index (χ0v) is 16.4. The predicted molar refractivity (Wildman–Crippen MR) is 106 cm³/mol. The summed E-state index contributed by atoms with van der Waals surface area (Å²) in [4.78, 5) is 19.8. The molecule has 3 rings (SSSR count). The van der Waals surface area contributed by atoms with Gasteiger partial charge in [-0.3, -0.25) is 9.69 Å². The van der Waals surface area contributed by atoms with Crippen molar-refractivity contribution in [3.8, 4) is 0 Å². The Hall–Kier alpha value is -1.53. The van der Waals surface area contributed by atoms with Crippen molar-refractivity contribution in [2.24, 2.45) is 0 Å². The topological polar surface area (TPSA) is 51.4 Å². The lowest BCUT2D eigenvalue weighted by Gasteiger charge is -2.34. The minimum atomic E-state index is -0.225. The van der Waals surface area contributed by atoms with Crippen LogP contribution in [-0.2, 0) is 13.1 Å². The van der Waals surface area contributed by atoms with Gasteiger partial charge in [-0.2, -0.15) is 0 Å². The molecular weight excluding hydrogens is 371 g/mol. The maximum atomic E-state index is 12.1. The van der Waals surface area contributed by atoms with Crippen molar-refractivity contribution in [3.63, 3.8) is 0 Å². The Bertz CT molecular complexity index is 717. The number of nitrogens with one attached hydrogen (secondary N) is 2. The molecule has 0 aliphatic carbocycles. The third kappa shape index (κ3) is 5.01. The third-order valence-corrected chi connectivity index (χ3v) is 5.46. The number of rotatable bonds is 6. The Labute approximate surface area is 164 Å². The van der Waals surface area contributed by atoms with Crippen LogP contribution in [-0.4, -0.2) is 53.4 Å². The van der Waals surface area contributed by atoms with E-state index in [1.165, 1.54) is 11.6 Å². The van der Waals surface area contributed by atoms with Crippen LogP contribution in [0.2, 0.25) is 10.2 Å². The second kappa shape index (κ2) is 8.91. The van der Waals surface area contributed by atoms with Crippen molar-refractivity contribution in [1.82, 2.24) is 20.1 Å². The number of carbonyl (C=O) groups is 1. The first-order chi connectivity index (χ1) is 12.5. The fourth-order valence-electron chi connectivity index (χ4n) is 3.09. The Morgan fingerprint density at radius 3 is 2.27 bits per heavy atom. The average molecular weight is 395 g/mol. The Morgan fingerprint density at radius 2 is 1.69 bits per heavy atom. The molecule has 1 fully saturated rings. The number of carbonyl (C=O) groups excluding carboxylic acids is 1. The molecule has 0 saturated carbocycles. The first-order valence-electron chi connectivity index (χ1n) is 8.90. The highest BCUT2D eigenvalue weighted by Crippen LogP contribution is 2.21. The smallest absolute Gasteiger partial charge is 0.268 e. The van der Waals surface area contributed by atoms with Crippen LogP contribution in [0.4, 0.5) is 0 Å². The Morgan fingerprint density at radius 1 is 1.08 bits per heavy atom. The lowest BCUT2D eigenvalue weighted by molar-refractivity contribution is 0.0946. The number of hydrogen-bond acceptors (Lipinski definition) is 3. The van der Waals surface area contributed by atoms with Crippen LogP contribution in [0.1, 0.15) is 28.5 Å². The van der Waals surface area contributed by atoms with E-state index in [0.29, 0.717) is 17.3 Å². The lowest BCUT2D eigenvalue weighted by atomic mass is 10.1. The SMILES string of the molecule is CCN1CCN(Cc2ccc(CNC(=O)c3cc(Cl)c(Cl)[nH]3)cc2)CC1. The summed E-state index contributed by atoms with van der Waals surface area (Å²) in [6.07, 6.45) is 0. The molecule has 0 unspecified atom stereocenters. The summed E-state index contributed by atoms with van der Waals surface area (Å²) in [5.74, 6) is -0.225. The van der Waals surface area contributed by atoms with Crippen LogP contribution >= 0.6 is 23.2 Å². The molecule has 7 heteroatoms. The molecule has 1 saturated heterocycles. The molecule has 1 amide bonds. The van der Waals surface area contributed by atoms with Crippen LogP contribution < -0.4 is 5.32 Å². The Balaban J connectivity index is 1.48. The van der Waals surface area contributed by atoms with E-state index in [1.807, 2.05) is 0 Å². The molecule has 2 aromatic rings. The highest BCUT2D eigenvalue weighted by Gasteiger charge is 2.15. The van der Waals surface area contributed by atoms with E-state index in [4.69, 9.17) is 23.2 Å². The van der Waals surface area contributed by atoms with Gasteiger partial charge in [0.05, 0.1) is 5.02 Å². The number of amides is 1. The number of halogens is 2. The molecule has 0 atom stereocenters. The summed E-state index contributed by atoms with van der Waals surface area (Å²) in [6, 6.07) is 9.92. The van der Waals surface area contributed by atoms with Crippen molar-refractivity contribution in [2.45, 2.75) is 20.0 Å². The standard InChI is InChI=1S/C19H24Cl2N4O/c1-2-24-7-9-25(10-8-24)13-15-5-3-14(4-6-15)12-22-19(26)17-11-16(20)18(21)23-17/h3-6,11,23H,2,7-10,12-13H2,1H3,(H,22,26). The van der Waals surface area contributed by atoms with Gasteiger partial charge in [-0.15, -0.1) is 0 Å². The average Bonchev–Trinajstić information content (AvgIpc) is 3.00. The van der Waals surface area contributed by atoms with Crippen molar-refractivity contribution >= 4 is 29.1 Å². The second-order valence-electron chi connectivity index (χ2n) is 6.55. The molecule has 0 bridgehead atoms. The number of nitrogens with zero attached hydrogens (tertiary/aromatic N) is 2. The molecule has 0 spiro atoms. The monoisotopic (exact) mass is 394 g/mol. The predicted octanol–water partition coefficient (Wildman–Crippen LogP) is 3.39. The fraction of sp³-hybridized carbons (Fsp3) is 0.421. The molecule has 140 valence electrons. The zero-order chi connectivity index (χ0) is 18.5. The molecule has 0 radical (unpaired) electrons. The molecule has 2 N–H and O–H groups in total. The van der Waals surface area contributed by atoms with E-state index >= 15 is 0 Å². The van der Waals surface area contributed by atoms with Gasteiger partial charge in [0.2, 0.25) is 0 Å². The van der Waals surface area contributed by atoms with Crippen LogP contribution in [0.5, 0.6) is 0 Å². The van der Waals surface area contributed by atoms with Gasteiger partial charge in [0.1, 0.15) is 10.8 Å². The molecule has 1 aliphatic rings. The summed E-state index contributed by atoms with van der Waals surface area (Å²) < 4.78 is 0. The summed E-state index contributed by atoms with van der Waals surface area (Å²) in [7, 11) is 0. The first kappa shape index (κ1) is 19.2. The van der Waals surface area contributed by atoms with Gasteiger partial charge >= 0.3 is 0 Å². The van der Waals surface area contributed by atoms with Crippen molar-refractivity contribution in [2.75, 3.05) is 32.7 Å². The van der Waals surface area contributed by atoms with E-state index < -0.39 is 0 Å². The molecule has 1 aromatic carbocycles. The number of likely N-dealkylation sites (N-methyl/N-ethyl adjacent to an activating group) is 1.